The molecule has 0 aliphatic rings. The fourth-order valence-electron chi connectivity index (χ4n) is 1.23. The van der Waals surface area contributed by atoms with Crippen molar-refractivity contribution in [1.29, 1.82) is 0 Å². The standard InChI is InChI=1S/C11H13NO2/c13-12(14)10-6-2-5-9-11-7-3-1-4-8-11/h1,3-4,6-8,10H,2,5,9H2. The lowest BCUT2D eigenvalue weighted by Crippen LogP contribution is -1.85. The predicted molar refractivity (Wildman–Crippen MR) is 55.5 cm³/mol. The lowest BCUT2D eigenvalue weighted by atomic mass is 10.1. The molecule has 0 aliphatic carbocycles. The number of unbranched alkanes of at least 4 members (excludes halogenated alkanes) is 1. The van der Waals surface area contributed by atoms with Gasteiger partial charge in [-0.1, -0.05) is 30.3 Å². The second kappa shape index (κ2) is 5.91. The first-order chi connectivity index (χ1) is 6.79. The second-order valence-corrected chi connectivity index (χ2v) is 3.05. The van der Waals surface area contributed by atoms with Gasteiger partial charge in [-0.2, -0.15) is 0 Å². The Morgan fingerprint density at radius 1 is 1.29 bits per heavy atom. The quantitative estimate of drug-likeness (QED) is 0.408. The molecule has 14 heavy (non-hydrogen) atoms. The van der Waals surface area contributed by atoms with Gasteiger partial charge in [0.15, 0.2) is 0 Å². The molecular formula is C11H13NO2. The first kappa shape index (κ1) is 10.4. The van der Waals surface area contributed by atoms with E-state index in [1.807, 2.05) is 18.2 Å². The monoisotopic (exact) mass is 191 g/mol. The van der Waals surface area contributed by atoms with E-state index >= 15 is 0 Å². The fraction of sp³-hybridized carbons (Fsp3) is 0.273. The maximum absolute atomic E-state index is 9.95. The Hall–Kier alpha value is -1.64. The first-order valence-electron chi connectivity index (χ1n) is 4.63. The molecular weight excluding hydrogens is 178 g/mol. The number of hydrogen-bond acceptors (Lipinski definition) is 2. The first-order valence-corrected chi connectivity index (χ1v) is 4.63. The molecule has 0 saturated heterocycles. The molecule has 0 radical (unpaired) electrons. The van der Waals surface area contributed by atoms with E-state index in [0.29, 0.717) is 0 Å². The molecule has 1 aromatic rings. The lowest BCUT2D eigenvalue weighted by molar-refractivity contribution is -0.402. The minimum absolute atomic E-state index is 0.428. The summed E-state index contributed by atoms with van der Waals surface area (Å²) in [5.74, 6) is 0. The van der Waals surface area contributed by atoms with Gasteiger partial charge in [0, 0.05) is 0 Å². The van der Waals surface area contributed by atoms with Gasteiger partial charge in [0.2, 0.25) is 6.20 Å². The van der Waals surface area contributed by atoms with Gasteiger partial charge in [-0.15, -0.1) is 0 Å². The van der Waals surface area contributed by atoms with Gasteiger partial charge in [-0.3, -0.25) is 10.1 Å². The third-order valence-electron chi connectivity index (χ3n) is 1.91. The molecule has 0 spiro atoms. The lowest BCUT2D eigenvalue weighted by Gasteiger charge is -1.97. The van der Waals surface area contributed by atoms with Crippen molar-refractivity contribution in [3.63, 3.8) is 0 Å². The highest BCUT2D eigenvalue weighted by Crippen LogP contribution is 2.04. The molecule has 0 aromatic heterocycles. The summed E-state index contributed by atoms with van der Waals surface area (Å²) in [5.41, 5.74) is 1.28. The van der Waals surface area contributed by atoms with Gasteiger partial charge >= 0.3 is 0 Å². The number of nitrogens with zero attached hydrogens (tertiary/aromatic N) is 1. The van der Waals surface area contributed by atoms with Crippen LogP contribution in [0.4, 0.5) is 0 Å². The third kappa shape index (κ3) is 4.40. The molecule has 0 fully saturated rings. The molecule has 0 heterocycles. The van der Waals surface area contributed by atoms with E-state index in [4.69, 9.17) is 0 Å². The average molecular weight is 191 g/mol. The van der Waals surface area contributed by atoms with Crippen molar-refractivity contribution >= 4 is 0 Å². The van der Waals surface area contributed by atoms with Gasteiger partial charge in [-0.25, -0.2) is 0 Å². The summed E-state index contributed by atoms with van der Waals surface area (Å²) in [6.07, 6.45) is 5.29. The summed E-state index contributed by atoms with van der Waals surface area (Å²) < 4.78 is 0. The summed E-state index contributed by atoms with van der Waals surface area (Å²) in [6.45, 7) is 0. The van der Waals surface area contributed by atoms with E-state index in [1.165, 1.54) is 5.56 Å². The summed E-state index contributed by atoms with van der Waals surface area (Å²) in [6, 6.07) is 10.1. The second-order valence-electron chi connectivity index (χ2n) is 3.05. The smallest absolute Gasteiger partial charge is 0.230 e. The minimum atomic E-state index is -0.428. The highest BCUT2D eigenvalue weighted by Gasteiger charge is 1.90. The van der Waals surface area contributed by atoms with Crippen LogP contribution in [0.3, 0.4) is 0 Å². The molecule has 1 aromatic carbocycles. The summed E-state index contributed by atoms with van der Waals surface area (Å²) in [5, 5.41) is 9.95. The van der Waals surface area contributed by atoms with Crippen molar-refractivity contribution in [2.75, 3.05) is 0 Å². The summed E-state index contributed by atoms with van der Waals surface area (Å²) >= 11 is 0. The maximum atomic E-state index is 9.95. The molecule has 0 amide bonds. The number of hydrogen-bond donors (Lipinski definition) is 0. The van der Waals surface area contributed by atoms with Crippen LogP contribution in [0.1, 0.15) is 18.4 Å². The normalized spacial score (nSPS) is 10.6. The van der Waals surface area contributed by atoms with E-state index < -0.39 is 4.92 Å². The van der Waals surface area contributed by atoms with Crippen LogP contribution in [0.15, 0.2) is 42.6 Å². The third-order valence-corrected chi connectivity index (χ3v) is 1.91. The molecule has 0 unspecified atom stereocenters. The zero-order valence-electron chi connectivity index (χ0n) is 7.93. The van der Waals surface area contributed by atoms with Crippen LogP contribution >= 0.6 is 0 Å². The molecule has 0 N–H and O–H groups in total. The molecule has 0 bridgehead atoms. The van der Waals surface area contributed by atoms with Crippen LogP contribution in [-0.2, 0) is 6.42 Å². The molecule has 0 aliphatic heterocycles. The average Bonchev–Trinajstić information content (AvgIpc) is 2.18. The van der Waals surface area contributed by atoms with Crippen LogP contribution in [-0.4, -0.2) is 4.92 Å². The number of rotatable bonds is 5. The van der Waals surface area contributed by atoms with E-state index in [9.17, 15) is 10.1 Å². The molecule has 3 heteroatoms. The molecule has 3 nitrogen and oxygen atoms in total. The van der Waals surface area contributed by atoms with Gasteiger partial charge in [0.25, 0.3) is 0 Å². The molecule has 0 saturated carbocycles. The summed E-state index contributed by atoms with van der Waals surface area (Å²) in [4.78, 5) is 9.52. The summed E-state index contributed by atoms with van der Waals surface area (Å²) in [7, 11) is 0. The van der Waals surface area contributed by atoms with E-state index in [2.05, 4.69) is 12.1 Å². The zero-order chi connectivity index (χ0) is 10.2. The van der Waals surface area contributed by atoms with Gasteiger partial charge in [0.1, 0.15) is 0 Å². The van der Waals surface area contributed by atoms with Crippen LogP contribution < -0.4 is 0 Å². The van der Waals surface area contributed by atoms with Crippen molar-refractivity contribution in [2.45, 2.75) is 19.3 Å². The minimum Gasteiger partial charge on any atom is -0.259 e. The van der Waals surface area contributed by atoms with Crippen LogP contribution in [0.2, 0.25) is 0 Å². The van der Waals surface area contributed by atoms with E-state index in [0.717, 1.165) is 25.5 Å². The van der Waals surface area contributed by atoms with Crippen molar-refractivity contribution in [3.05, 3.63) is 58.3 Å². The van der Waals surface area contributed by atoms with Crippen LogP contribution in [0.5, 0.6) is 0 Å². The van der Waals surface area contributed by atoms with E-state index in [1.54, 1.807) is 6.08 Å². The Bertz CT molecular complexity index is 306. The fourth-order valence-corrected chi connectivity index (χ4v) is 1.23. The van der Waals surface area contributed by atoms with Gasteiger partial charge in [-0.05, 0) is 30.9 Å². The molecule has 74 valence electrons. The molecule has 0 atom stereocenters. The van der Waals surface area contributed by atoms with E-state index in [-0.39, 0.29) is 0 Å². The zero-order valence-corrected chi connectivity index (χ0v) is 7.93. The van der Waals surface area contributed by atoms with Crippen molar-refractivity contribution in [2.24, 2.45) is 0 Å². The highest BCUT2D eigenvalue weighted by molar-refractivity contribution is 5.14. The number of aryl methyl sites for hydroxylation is 1. The topological polar surface area (TPSA) is 43.1 Å². The Morgan fingerprint density at radius 3 is 2.64 bits per heavy atom. The SMILES string of the molecule is O=[N+]([O-])C=CCCCc1ccccc1. The Labute approximate surface area is 83.2 Å². The number of nitro groups is 1. The van der Waals surface area contributed by atoms with Crippen molar-refractivity contribution in [3.8, 4) is 0 Å². The van der Waals surface area contributed by atoms with Crippen molar-refractivity contribution < 1.29 is 4.92 Å². The largest absolute Gasteiger partial charge is 0.259 e. The highest BCUT2D eigenvalue weighted by atomic mass is 16.6. The maximum Gasteiger partial charge on any atom is 0.230 e. The van der Waals surface area contributed by atoms with Crippen molar-refractivity contribution in [1.82, 2.24) is 0 Å². The predicted octanol–water partition coefficient (Wildman–Crippen LogP) is 2.80. The Balaban J connectivity index is 2.19. The van der Waals surface area contributed by atoms with Gasteiger partial charge < -0.3 is 0 Å². The number of allylic oxidation sites excluding steroid dienone is 1. The number of benzene rings is 1. The Morgan fingerprint density at radius 2 is 2.00 bits per heavy atom. The van der Waals surface area contributed by atoms with Crippen LogP contribution in [0.25, 0.3) is 0 Å². The van der Waals surface area contributed by atoms with Gasteiger partial charge in [0.05, 0.1) is 4.92 Å². The Kier molecular flexibility index (Phi) is 4.41. The van der Waals surface area contributed by atoms with Crippen LogP contribution in [0, 0.1) is 10.1 Å². The molecule has 1 rings (SSSR count).